The Labute approximate surface area is 116 Å². The average Bonchev–Trinajstić information content (AvgIpc) is 2.78. The molecular weight excluding hydrogens is 264 g/mol. The third kappa shape index (κ3) is 2.37. The summed E-state index contributed by atoms with van der Waals surface area (Å²) in [6.45, 7) is 0.662. The number of hydrogen-bond acceptors (Lipinski definition) is 3. The standard InChI is InChI=1S/C14H17ClN2O2/c15-8-1-2-12-11(5-8)10-3-4-16-13(14(10)17-12)6-9(19)7-18/h1-2,5,9,13,16-19H,3-4,6-7H2/t9-,13-/m0/s1. The lowest BCUT2D eigenvalue weighted by Crippen LogP contribution is -2.33. The van der Waals surface area contributed by atoms with Crippen molar-refractivity contribution in [3.63, 3.8) is 0 Å². The molecule has 0 spiro atoms. The van der Waals surface area contributed by atoms with Crippen LogP contribution in [0.15, 0.2) is 18.2 Å². The van der Waals surface area contributed by atoms with Gasteiger partial charge in [0, 0.05) is 21.6 Å². The molecule has 0 radical (unpaired) electrons. The number of fused-ring (bicyclic) bond motifs is 3. The van der Waals surface area contributed by atoms with Gasteiger partial charge >= 0.3 is 0 Å². The third-order valence-corrected chi connectivity index (χ3v) is 3.97. The molecule has 2 atom stereocenters. The first-order valence-corrected chi connectivity index (χ1v) is 6.89. The molecular formula is C14H17ClN2O2. The van der Waals surface area contributed by atoms with Crippen LogP contribution in [0.3, 0.4) is 0 Å². The molecule has 2 aromatic rings. The van der Waals surface area contributed by atoms with Gasteiger partial charge in [-0.2, -0.15) is 0 Å². The summed E-state index contributed by atoms with van der Waals surface area (Å²) >= 11 is 6.06. The molecule has 0 aliphatic carbocycles. The summed E-state index contributed by atoms with van der Waals surface area (Å²) in [4.78, 5) is 3.41. The molecule has 4 N–H and O–H groups in total. The fourth-order valence-corrected chi connectivity index (χ4v) is 3.00. The van der Waals surface area contributed by atoms with Crippen molar-refractivity contribution >= 4 is 22.5 Å². The van der Waals surface area contributed by atoms with Gasteiger partial charge < -0.3 is 20.5 Å². The Hall–Kier alpha value is -1.07. The molecule has 102 valence electrons. The summed E-state index contributed by atoms with van der Waals surface area (Å²) in [6.07, 6.45) is 0.754. The quantitative estimate of drug-likeness (QED) is 0.692. The second kappa shape index (κ2) is 5.13. The number of aromatic nitrogens is 1. The number of aliphatic hydroxyl groups is 2. The summed E-state index contributed by atoms with van der Waals surface area (Å²) in [7, 11) is 0. The summed E-state index contributed by atoms with van der Waals surface area (Å²) < 4.78 is 0. The van der Waals surface area contributed by atoms with Gasteiger partial charge in [0.15, 0.2) is 0 Å². The van der Waals surface area contributed by atoms with E-state index in [9.17, 15) is 5.11 Å². The summed E-state index contributed by atoms with van der Waals surface area (Å²) in [5.41, 5.74) is 3.45. The van der Waals surface area contributed by atoms with Crippen molar-refractivity contribution in [1.82, 2.24) is 10.3 Å². The van der Waals surface area contributed by atoms with Gasteiger partial charge in [0.05, 0.1) is 18.8 Å². The van der Waals surface area contributed by atoms with Gasteiger partial charge in [-0.25, -0.2) is 0 Å². The van der Waals surface area contributed by atoms with Gasteiger partial charge in [0.25, 0.3) is 0 Å². The van der Waals surface area contributed by atoms with E-state index in [0.717, 1.165) is 34.6 Å². The molecule has 0 amide bonds. The summed E-state index contributed by atoms with van der Waals surface area (Å²) in [6, 6.07) is 5.89. The molecule has 0 unspecified atom stereocenters. The Morgan fingerprint density at radius 1 is 1.42 bits per heavy atom. The maximum absolute atomic E-state index is 9.63. The molecule has 1 aromatic heterocycles. The van der Waals surface area contributed by atoms with E-state index in [1.165, 1.54) is 5.56 Å². The molecule has 0 saturated heterocycles. The van der Waals surface area contributed by atoms with Crippen molar-refractivity contribution in [3.05, 3.63) is 34.5 Å². The van der Waals surface area contributed by atoms with Crippen molar-refractivity contribution in [2.75, 3.05) is 13.2 Å². The van der Waals surface area contributed by atoms with Crippen molar-refractivity contribution in [1.29, 1.82) is 0 Å². The lowest BCUT2D eigenvalue weighted by molar-refractivity contribution is 0.0780. The van der Waals surface area contributed by atoms with Crippen molar-refractivity contribution in [2.45, 2.75) is 25.0 Å². The number of benzene rings is 1. The van der Waals surface area contributed by atoms with E-state index in [1.807, 2.05) is 18.2 Å². The minimum Gasteiger partial charge on any atom is -0.394 e. The van der Waals surface area contributed by atoms with Gasteiger partial charge in [-0.05, 0) is 43.1 Å². The van der Waals surface area contributed by atoms with Crippen LogP contribution >= 0.6 is 11.6 Å². The van der Waals surface area contributed by atoms with E-state index in [1.54, 1.807) is 0 Å². The molecule has 1 aliphatic heterocycles. The lowest BCUT2D eigenvalue weighted by atomic mass is 9.96. The zero-order chi connectivity index (χ0) is 13.4. The molecule has 1 aromatic carbocycles. The van der Waals surface area contributed by atoms with Crippen LogP contribution in [0.5, 0.6) is 0 Å². The fourth-order valence-electron chi connectivity index (χ4n) is 2.83. The highest BCUT2D eigenvalue weighted by Gasteiger charge is 2.25. The van der Waals surface area contributed by atoms with Gasteiger partial charge in [0.2, 0.25) is 0 Å². The average molecular weight is 281 g/mol. The number of rotatable bonds is 3. The second-order valence-corrected chi connectivity index (χ2v) is 5.47. The predicted octanol–water partition coefficient (Wildman–Crippen LogP) is 1.75. The van der Waals surface area contributed by atoms with E-state index in [-0.39, 0.29) is 12.6 Å². The summed E-state index contributed by atoms with van der Waals surface area (Å²) in [5.74, 6) is 0. The van der Waals surface area contributed by atoms with Crippen LogP contribution in [0, 0.1) is 0 Å². The van der Waals surface area contributed by atoms with E-state index < -0.39 is 6.10 Å². The number of halogens is 1. The summed E-state index contributed by atoms with van der Waals surface area (Å²) in [5, 5.41) is 23.9. The number of nitrogens with one attached hydrogen (secondary N) is 2. The normalized spacial score (nSPS) is 20.5. The smallest absolute Gasteiger partial charge is 0.0789 e. The Balaban J connectivity index is 2.02. The largest absolute Gasteiger partial charge is 0.394 e. The highest BCUT2D eigenvalue weighted by Crippen LogP contribution is 2.33. The lowest BCUT2D eigenvalue weighted by Gasteiger charge is -2.25. The first kappa shape index (κ1) is 12.9. The van der Waals surface area contributed by atoms with Crippen molar-refractivity contribution < 1.29 is 10.2 Å². The van der Waals surface area contributed by atoms with Crippen LogP contribution in [0.25, 0.3) is 10.9 Å². The van der Waals surface area contributed by atoms with Gasteiger partial charge in [-0.1, -0.05) is 11.6 Å². The van der Waals surface area contributed by atoms with Crippen LogP contribution in [0.1, 0.15) is 23.7 Å². The van der Waals surface area contributed by atoms with Crippen LogP contribution < -0.4 is 5.32 Å². The first-order chi connectivity index (χ1) is 9.19. The first-order valence-electron chi connectivity index (χ1n) is 6.51. The molecule has 1 aliphatic rings. The second-order valence-electron chi connectivity index (χ2n) is 5.04. The van der Waals surface area contributed by atoms with Gasteiger partial charge in [-0.15, -0.1) is 0 Å². The zero-order valence-corrected chi connectivity index (χ0v) is 11.2. The van der Waals surface area contributed by atoms with Gasteiger partial charge in [-0.3, -0.25) is 0 Å². The molecule has 0 bridgehead atoms. The van der Waals surface area contributed by atoms with Crippen molar-refractivity contribution in [2.24, 2.45) is 0 Å². The number of H-pyrrole nitrogens is 1. The molecule has 2 heterocycles. The Kier molecular flexibility index (Phi) is 3.50. The minimum absolute atomic E-state index is 0.0528. The Morgan fingerprint density at radius 3 is 3.05 bits per heavy atom. The van der Waals surface area contributed by atoms with E-state index >= 15 is 0 Å². The molecule has 0 fully saturated rings. The number of aromatic amines is 1. The van der Waals surface area contributed by atoms with Crippen LogP contribution in [-0.4, -0.2) is 34.5 Å². The maximum Gasteiger partial charge on any atom is 0.0789 e. The number of hydrogen-bond donors (Lipinski definition) is 4. The molecule has 19 heavy (non-hydrogen) atoms. The molecule has 0 saturated carbocycles. The highest BCUT2D eigenvalue weighted by atomic mass is 35.5. The van der Waals surface area contributed by atoms with Crippen LogP contribution in [0.2, 0.25) is 5.02 Å². The van der Waals surface area contributed by atoms with Gasteiger partial charge in [0.1, 0.15) is 0 Å². The monoisotopic (exact) mass is 280 g/mol. The molecule has 5 heteroatoms. The Morgan fingerprint density at radius 2 is 2.26 bits per heavy atom. The van der Waals surface area contributed by atoms with E-state index in [0.29, 0.717) is 6.42 Å². The highest BCUT2D eigenvalue weighted by molar-refractivity contribution is 6.31. The fraction of sp³-hybridized carbons (Fsp3) is 0.429. The SMILES string of the molecule is OC[C@@H](O)C[C@@H]1NCCc2c1[nH]c1ccc(Cl)cc21. The zero-order valence-electron chi connectivity index (χ0n) is 10.5. The molecule has 3 rings (SSSR count). The maximum atomic E-state index is 9.63. The van der Waals surface area contributed by atoms with E-state index in [4.69, 9.17) is 16.7 Å². The minimum atomic E-state index is -0.696. The Bertz CT molecular complexity index is 596. The molecule has 4 nitrogen and oxygen atoms in total. The van der Waals surface area contributed by atoms with Crippen molar-refractivity contribution in [3.8, 4) is 0 Å². The predicted molar refractivity (Wildman–Crippen MR) is 75.5 cm³/mol. The van der Waals surface area contributed by atoms with Crippen LogP contribution in [-0.2, 0) is 6.42 Å². The third-order valence-electron chi connectivity index (χ3n) is 3.73. The van der Waals surface area contributed by atoms with Crippen LogP contribution in [0.4, 0.5) is 0 Å². The topological polar surface area (TPSA) is 68.3 Å². The van der Waals surface area contributed by atoms with E-state index in [2.05, 4.69) is 10.3 Å². The number of aliphatic hydroxyl groups excluding tert-OH is 2.